The lowest BCUT2D eigenvalue weighted by molar-refractivity contribution is 0.223. The number of aliphatic hydroxyl groups excluding tert-OH is 1. The van der Waals surface area contributed by atoms with Gasteiger partial charge in [-0.25, -0.2) is 0 Å². The number of aryl methyl sites for hydroxylation is 2. The quantitative estimate of drug-likeness (QED) is 0.913. The summed E-state index contributed by atoms with van der Waals surface area (Å²) in [5, 5.41) is 14.6. The highest BCUT2D eigenvalue weighted by atomic mass is 35.5. The van der Waals surface area contributed by atoms with E-state index >= 15 is 0 Å². The molecule has 2 aromatic rings. The van der Waals surface area contributed by atoms with E-state index in [9.17, 15) is 5.11 Å². The molecule has 0 fully saturated rings. The van der Waals surface area contributed by atoms with Gasteiger partial charge in [-0.05, 0) is 31.2 Å². The molecular weight excluding hydrogens is 260 g/mol. The first-order valence-electron chi connectivity index (χ1n) is 6.44. The Balaban J connectivity index is 2.11. The van der Waals surface area contributed by atoms with Crippen LogP contribution in [0.3, 0.4) is 0 Å². The molecule has 0 saturated carbocycles. The summed E-state index contributed by atoms with van der Waals surface area (Å²) < 4.78 is 1.81. The minimum atomic E-state index is 0.148. The van der Waals surface area contributed by atoms with E-state index in [1.807, 2.05) is 36.9 Å². The summed E-state index contributed by atoms with van der Waals surface area (Å²) in [7, 11) is 1.89. The van der Waals surface area contributed by atoms with Gasteiger partial charge < -0.3 is 5.11 Å². The second kappa shape index (κ2) is 6.22. The number of rotatable bonds is 5. The van der Waals surface area contributed by atoms with Crippen LogP contribution in [0, 0.1) is 12.8 Å². The maximum atomic E-state index is 9.56. The van der Waals surface area contributed by atoms with Gasteiger partial charge in [0, 0.05) is 13.7 Å². The van der Waals surface area contributed by atoms with Gasteiger partial charge in [0.2, 0.25) is 0 Å². The van der Waals surface area contributed by atoms with Crippen LogP contribution >= 0.6 is 11.6 Å². The van der Waals surface area contributed by atoms with Crippen molar-refractivity contribution in [2.45, 2.75) is 19.8 Å². The van der Waals surface area contributed by atoms with E-state index in [4.69, 9.17) is 11.6 Å². The molecular formula is C15H19ClN2O. The molecule has 0 bridgehead atoms. The van der Waals surface area contributed by atoms with Gasteiger partial charge in [-0.2, -0.15) is 5.10 Å². The lowest BCUT2D eigenvalue weighted by Crippen LogP contribution is -2.15. The summed E-state index contributed by atoms with van der Waals surface area (Å²) in [6.45, 7) is 2.05. The molecule has 1 aromatic carbocycles. The lowest BCUT2D eigenvalue weighted by Gasteiger charge is -2.14. The Morgan fingerprint density at radius 3 is 2.47 bits per heavy atom. The lowest BCUT2D eigenvalue weighted by atomic mass is 9.95. The van der Waals surface area contributed by atoms with E-state index in [0.717, 1.165) is 24.2 Å². The molecule has 2 rings (SSSR count). The monoisotopic (exact) mass is 278 g/mol. The molecule has 0 aliphatic carbocycles. The average molecular weight is 279 g/mol. The van der Waals surface area contributed by atoms with Gasteiger partial charge in [-0.1, -0.05) is 41.9 Å². The zero-order valence-electron chi connectivity index (χ0n) is 11.3. The van der Waals surface area contributed by atoms with Gasteiger partial charge in [-0.15, -0.1) is 0 Å². The molecule has 0 radical (unpaired) electrons. The first-order valence-corrected chi connectivity index (χ1v) is 6.82. The first-order chi connectivity index (χ1) is 9.11. The van der Waals surface area contributed by atoms with Crippen molar-refractivity contribution >= 4 is 11.6 Å². The molecule has 4 heteroatoms. The SMILES string of the molecule is Cc1nn(C)c(CC(CO)Cc2ccccc2)c1Cl. The Morgan fingerprint density at radius 1 is 1.26 bits per heavy atom. The second-order valence-corrected chi connectivity index (χ2v) is 5.29. The second-order valence-electron chi connectivity index (χ2n) is 4.91. The van der Waals surface area contributed by atoms with E-state index in [1.54, 1.807) is 0 Å². The normalized spacial score (nSPS) is 12.6. The van der Waals surface area contributed by atoms with Crippen LogP contribution in [0.2, 0.25) is 5.02 Å². The average Bonchev–Trinajstić information content (AvgIpc) is 2.65. The van der Waals surface area contributed by atoms with E-state index in [0.29, 0.717) is 5.02 Å². The summed E-state index contributed by atoms with van der Waals surface area (Å²) in [4.78, 5) is 0. The number of halogens is 1. The molecule has 0 amide bonds. The van der Waals surface area contributed by atoms with Crippen molar-refractivity contribution in [2.75, 3.05) is 6.61 Å². The minimum Gasteiger partial charge on any atom is -0.396 e. The van der Waals surface area contributed by atoms with Crippen molar-refractivity contribution < 1.29 is 5.11 Å². The summed E-state index contributed by atoms with van der Waals surface area (Å²) in [6.07, 6.45) is 1.58. The molecule has 0 aliphatic rings. The van der Waals surface area contributed by atoms with Gasteiger partial charge in [0.25, 0.3) is 0 Å². The Hall–Kier alpha value is -1.32. The molecule has 3 nitrogen and oxygen atoms in total. The largest absolute Gasteiger partial charge is 0.396 e. The minimum absolute atomic E-state index is 0.148. The van der Waals surface area contributed by atoms with Crippen molar-refractivity contribution in [1.29, 1.82) is 0 Å². The van der Waals surface area contributed by atoms with Crippen LogP contribution in [0.25, 0.3) is 0 Å². The van der Waals surface area contributed by atoms with Crippen molar-refractivity contribution in [1.82, 2.24) is 9.78 Å². The fraction of sp³-hybridized carbons (Fsp3) is 0.400. The predicted octanol–water partition coefficient (Wildman–Crippen LogP) is 2.78. The topological polar surface area (TPSA) is 38.0 Å². The number of hydrogen-bond donors (Lipinski definition) is 1. The fourth-order valence-electron chi connectivity index (χ4n) is 2.32. The van der Waals surface area contributed by atoms with Gasteiger partial charge in [0.1, 0.15) is 0 Å². The van der Waals surface area contributed by atoms with Gasteiger partial charge >= 0.3 is 0 Å². The van der Waals surface area contributed by atoms with Crippen LogP contribution in [-0.2, 0) is 19.9 Å². The highest BCUT2D eigenvalue weighted by molar-refractivity contribution is 6.31. The summed E-state index contributed by atoms with van der Waals surface area (Å²) >= 11 is 6.25. The van der Waals surface area contributed by atoms with Crippen LogP contribution < -0.4 is 0 Å². The molecule has 0 spiro atoms. The first kappa shape index (κ1) is 14.1. The number of benzene rings is 1. The number of aliphatic hydroxyl groups is 1. The molecule has 0 aliphatic heterocycles. The van der Waals surface area contributed by atoms with E-state index < -0.39 is 0 Å². The molecule has 1 N–H and O–H groups in total. The summed E-state index contributed by atoms with van der Waals surface area (Å²) in [5.74, 6) is 0.162. The zero-order chi connectivity index (χ0) is 13.8. The highest BCUT2D eigenvalue weighted by Crippen LogP contribution is 2.23. The van der Waals surface area contributed by atoms with E-state index in [1.165, 1.54) is 5.56 Å². The Labute approximate surface area is 118 Å². The molecule has 1 atom stereocenters. The molecule has 1 heterocycles. The van der Waals surface area contributed by atoms with Gasteiger partial charge in [0.05, 0.1) is 16.4 Å². The standard InChI is InChI=1S/C15H19ClN2O/c1-11-15(16)14(18(2)17-11)9-13(10-19)8-12-6-4-3-5-7-12/h3-7,13,19H,8-10H2,1-2H3. The number of nitrogens with zero attached hydrogens (tertiary/aromatic N) is 2. The highest BCUT2D eigenvalue weighted by Gasteiger charge is 2.17. The molecule has 102 valence electrons. The maximum Gasteiger partial charge on any atom is 0.0847 e. The smallest absolute Gasteiger partial charge is 0.0847 e. The van der Waals surface area contributed by atoms with Crippen molar-refractivity contribution in [2.24, 2.45) is 13.0 Å². The van der Waals surface area contributed by atoms with Crippen LogP contribution in [0.1, 0.15) is 17.0 Å². The van der Waals surface area contributed by atoms with Crippen molar-refractivity contribution in [3.8, 4) is 0 Å². The van der Waals surface area contributed by atoms with Crippen molar-refractivity contribution in [3.63, 3.8) is 0 Å². The number of hydrogen-bond acceptors (Lipinski definition) is 2. The third kappa shape index (κ3) is 3.37. The van der Waals surface area contributed by atoms with Crippen LogP contribution in [-0.4, -0.2) is 21.5 Å². The van der Waals surface area contributed by atoms with Crippen LogP contribution in [0.4, 0.5) is 0 Å². The Kier molecular flexibility index (Phi) is 4.61. The zero-order valence-corrected chi connectivity index (χ0v) is 12.1. The van der Waals surface area contributed by atoms with E-state index in [2.05, 4.69) is 17.2 Å². The van der Waals surface area contributed by atoms with Crippen molar-refractivity contribution in [3.05, 3.63) is 52.3 Å². The van der Waals surface area contributed by atoms with Gasteiger partial charge in [-0.3, -0.25) is 4.68 Å². The molecule has 0 saturated heterocycles. The van der Waals surface area contributed by atoms with Crippen LogP contribution in [0.5, 0.6) is 0 Å². The maximum absolute atomic E-state index is 9.56. The molecule has 19 heavy (non-hydrogen) atoms. The third-order valence-corrected chi connectivity index (χ3v) is 3.86. The summed E-state index contributed by atoms with van der Waals surface area (Å²) in [5.41, 5.74) is 3.07. The Bertz CT molecular complexity index is 537. The third-order valence-electron chi connectivity index (χ3n) is 3.37. The molecule has 1 unspecified atom stereocenters. The van der Waals surface area contributed by atoms with Crippen LogP contribution in [0.15, 0.2) is 30.3 Å². The van der Waals surface area contributed by atoms with Gasteiger partial charge in [0.15, 0.2) is 0 Å². The number of aromatic nitrogens is 2. The summed E-state index contributed by atoms with van der Waals surface area (Å²) in [6, 6.07) is 10.2. The fourth-order valence-corrected chi connectivity index (χ4v) is 2.56. The molecule has 1 aromatic heterocycles. The Morgan fingerprint density at radius 2 is 1.95 bits per heavy atom. The van der Waals surface area contributed by atoms with E-state index in [-0.39, 0.29) is 12.5 Å². The predicted molar refractivity (Wildman–Crippen MR) is 77.4 cm³/mol.